The molecule has 0 radical (unpaired) electrons. The van der Waals surface area contributed by atoms with Crippen molar-refractivity contribution in [2.75, 3.05) is 44.2 Å². The summed E-state index contributed by atoms with van der Waals surface area (Å²) < 4.78 is 0. The van der Waals surface area contributed by atoms with Gasteiger partial charge in [0.05, 0.1) is 0 Å². The van der Waals surface area contributed by atoms with Gasteiger partial charge >= 0.3 is 5.97 Å². The lowest BCUT2D eigenvalue weighted by Crippen LogP contribution is -2.48. The Kier molecular flexibility index (Phi) is 9.74. The first-order valence-corrected chi connectivity index (χ1v) is 16.5. The molecule has 0 unspecified atom stereocenters. The van der Waals surface area contributed by atoms with Gasteiger partial charge in [0.2, 0.25) is 5.95 Å². The van der Waals surface area contributed by atoms with Crippen LogP contribution in [0.25, 0.3) is 0 Å². The normalized spacial score (nSPS) is 23.4. The smallest absolute Gasteiger partial charge is 0.321 e. The number of rotatable bonds is 11. The minimum absolute atomic E-state index is 0.276. The van der Waals surface area contributed by atoms with Crippen molar-refractivity contribution >= 4 is 11.9 Å². The van der Waals surface area contributed by atoms with Gasteiger partial charge in [-0.2, -0.15) is 4.98 Å². The molecule has 1 saturated carbocycles. The number of aromatic amines is 1. The Morgan fingerprint density at radius 1 is 0.977 bits per heavy atom. The van der Waals surface area contributed by atoms with Crippen LogP contribution in [0.5, 0.6) is 0 Å². The lowest BCUT2D eigenvalue weighted by molar-refractivity contribution is -0.145. The van der Waals surface area contributed by atoms with E-state index in [0.29, 0.717) is 17.9 Å². The molecule has 3 heterocycles. The maximum atomic E-state index is 12.6. The molecule has 2 N–H and O–H groups in total. The van der Waals surface area contributed by atoms with Crippen molar-refractivity contribution in [2.45, 2.75) is 76.3 Å². The van der Waals surface area contributed by atoms with Crippen LogP contribution >= 0.6 is 0 Å². The number of carboxylic acids is 1. The fourth-order valence-electron chi connectivity index (χ4n) is 8.05. The zero-order valence-corrected chi connectivity index (χ0v) is 25.7. The van der Waals surface area contributed by atoms with E-state index in [-0.39, 0.29) is 12.0 Å². The fraction of sp³-hybridized carbons (Fsp3) is 0.571. The number of H-pyrrole nitrogens is 1. The van der Waals surface area contributed by atoms with Crippen molar-refractivity contribution in [1.29, 1.82) is 0 Å². The van der Waals surface area contributed by atoms with Crippen LogP contribution in [-0.2, 0) is 11.2 Å². The van der Waals surface area contributed by atoms with Crippen molar-refractivity contribution < 1.29 is 9.90 Å². The summed E-state index contributed by atoms with van der Waals surface area (Å²) in [6.07, 6.45) is 8.80. The highest BCUT2D eigenvalue weighted by molar-refractivity contribution is 5.74. The highest BCUT2D eigenvalue weighted by Gasteiger charge is 2.43. The van der Waals surface area contributed by atoms with Crippen molar-refractivity contribution in [2.24, 2.45) is 11.8 Å². The number of hydrogen-bond acceptors (Lipinski definition) is 6. The summed E-state index contributed by atoms with van der Waals surface area (Å²) >= 11 is 0. The van der Waals surface area contributed by atoms with Gasteiger partial charge in [-0.05, 0) is 62.0 Å². The third-order valence-electron chi connectivity index (χ3n) is 10.3. The average Bonchev–Trinajstić information content (AvgIpc) is 3.65. The number of hydrogen-bond donors (Lipinski definition) is 2. The van der Waals surface area contributed by atoms with Crippen LogP contribution in [-0.4, -0.2) is 87.4 Å². The highest BCUT2D eigenvalue weighted by atomic mass is 16.4. The second kappa shape index (κ2) is 14.0. The molecular formula is C35H48N6O2. The summed E-state index contributed by atoms with van der Waals surface area (Å²) in [4.78, 5) is 24.7. The van der Waals surface area contributed by atoms with E-state index in [1.807, 2.05) is 6.92 Å². The Labute approximate surface area is 256 Å². The van der Waals surface area contributed by atoms with Gasteiger partial charge in [0.25, 0.3) is 0 Å². The van der Waals surface area contributed by atoms with Crippen LogP contribution in [0.15, 0.2) is 60.7 Å². The third-order valence-corrected chi connectivity index (χ3v) is 10.3. The Bertz CT molecular complexity index is 1290. The van der Waals surface area contributed by atoms with E-state index in [9.17, 15) is 9.90 Å². The van der Waals surface area contributed by atoms with E-state index in [0.717, 1.165) is 83.1 Å². The van der Waals surface area contributed by atoms with Crippen LogP contribution in [0.1, 0.15) is 67.8 Å². The van der Waals surface area contributed by atoms with Gasteiger partial charge in [0.15, 0.2) is 0 Å². The van der Waals surface area contributed by atoms with E-state index in [2.05, 4.69) is 85.6 Å². The van der Waals surface area contributed by atoms with Crippen molar-refractivity contribution in [3.8, 4) is 0 Å². The van der Waals surface area contributed by atoms with E-state index in [1.54, 1.807) is 0 Å². The monoisotopic (exact) mass is 584 g/mol. The molecule has 3 atom stereocenters. The van der Waals surface area contributed by atoms with Gasteiger partial charge in [0, 0.05) is 51.2 Å². The molecule has 2 aromatic carbocycles. The summed E-state index contributed by atoms with van der Waals surface area (Å²) in [6.45, 7) is 7.67. The van der Waals surface area contributed by atoms with Gasteiger partial charge < -0.3 is 14.9 Å². The first kappa shape index (κ1) is 29.8. The predicted molar refractivity (Wildman–Crippen MR) is 170 cm³/mol. The highest BCUT2D eigenvalue weighted by Crippen LogP contribution is 2.38. The van der Waals surface area contributed by atoms with Gasteiger partial charge in [-0.1, -0.05) is 79.9 Å². The first-order valence-electron chi connectivity index (χ1n) is 16.5. The van der Waals surface area contributed by atoms with E-state index < -0.39 is 5.97 Å². The number of anilines is 1. The summed E-state index contributed by atoms with van der Waals surface area (Å²) in [5, 5.41) is 18.0. The van der Waals surface area contributed by atoms with Crippen LogP contribution in [0.2, 0.25) is 0 Å². The zero-order valence-electron chi connectivity index (χ0n) is 25.7. The number of likely N-dealkylation sites (tertiary alicyclic amines) is 2. The molecule has 1 aromatic heterocycles. The molecule has 3 aliphatic rings. The average molecular weight is 585 g/mol. The quantitative estimate of drug-likeness (QED) is 0.313. The largest absolute Gasteiger partial charge is 0.480 e. The summed E-state index contributed by atoms with van der Waals surface area (Å²) in [7, 11) is 0. The lowest BCUT2D eigenvalue weighted by Gasteiger charge is -2.39. The molecule has 0 spiro atoms. The van der Waals surface area contributed by atoms with E-state index in [1.165, 1.54) is 30.4 Å². The molecule has 0 amide bonds. The first-order chi connectivity index (χ1) is 21.0. The lowest BCUT2D eigenvalue weighted by atomic mass is 9.83. The van der Waals surface area contributed by atoms with Crippen molar-refractivity contribution in [1.82, 2.24) is 25.0 Å². The second-order valence-electron chi connectivity index (χ2n) is 13.1. The van der Waals surface area contributed by atoms with Gasteiger partial charge in [-0.25, -0.2) is 0 Å². The number of benzene rings is 2. The number of nitrogens with zero attached hydrogens (tertiary/aromatic N) is 5. The Morgan fingerprint density at radius 2 is 1.67 bits per heavy atom. The molecular weight excluding hydrogens is 536 g/mol. The molecule has 230 valence electrons. The third kappa shape index (κ3) is 7.29. The number of aromatic nitrogens is 3. The molecule has 6 rings (SSSR count). The maximum absolute atomic E-state index is 12.6. The number of nitrogens with one attached hydrogen (secondary N) is 1. The molecule has 43 heavy (non-hydrogen) atoms. The topological polar surface area (TPSA) is 88.6 Å². The van der Waals surface area contributed by atoms with E-state index >= 15 is 0 Å². The number of carboxylic acid groups (broad SMARTS) is 1. The molecule has 3 aromatic rings. The fourth-order valence-corrected chi connectivity index (χ4v) is 8.05. The van der Waals surface area contributed by atoms with Gasteiger partial charge in [-0.3, -0.25) is 14.8 Å². The SMILES string of the molecule is Cc1nc(N(CCc2ccccc2)C2CCN(C[C@H]3CN([C@@H](C(=O)O)C4CCCCC4)C[C@@H]3c3ccccc3)CC2)n[nH]1. The number of aryl methyl sites for hydroxylation is 1. The minimum atomic E-state index is -0.627. The minimum Gasteiger partial charge on any atom is -0.480 e. The number of piperidine rings is 1. The van der Waals surface area contributed by atoms with Gasteiger partial charge in [0.1, 0.15) is 11.9 Å². The van der Waals surface area contributed by atoms with E-state index in [4.69, 9.17) is 4.98 Å². The van der Waals surface area contributed by atoms with Crippen molar-refractivity contribution in [3.63, 3.8) is 0 Å². The van der Waals surface area contributed by atoms with Crippen LogP contribution < -0.4 is 4.90 Å². The number of carbonyl (C=O) groups is 1. The predicted octanol–water partition coefficient (Wildman–Crippen LogP) is 5.38. The molecule has 8 nitrogen and oxygen atoms in total. The molecule has 8 heteroatoms. The van der Waals surface area contributed by atoms with Crippen LogP contribution in [0.3, 0.4) is 0 Å². The summed E-state index contributed by atoms with van der Waals surface area (Å²) in [5.74, 6) is 2.10. The standard InChI is InChI=1S/C35H48N6O2/c1-26-36-35(38-37-26)41(22-17-27-11-5-2-6-12-27)31-18-20-39(21-19-31)23-30-24-40(25-32(30)28-13-7-3-8-14-28)33(34(42)43)29-15-9-4-10-16-29/h2-3,5-8,11-14,29-33H,4,9-10,15-25H2,1H3,(H,42,43)(H,36,37,38)/t30-,32+,33+/m0/s1. The van der Waals surface area contributed by atoms with Crippen molar-refractivity contribution in [3.05, 3.63) is 77.6 Å². The van der Waals surface area contributed by atoms with Crippen LogP contribution in [0, 0.1) is 18.8 Å². The Morgan fingerprint density at radius 3 is 2.33 bits per heavy atom. The summed E-state index contributed by atoms with van der Waals surface area (Å²) in [6, 6.07) is 21.6. The van der Waals surface area contributed by atoms with Gasteiger partial charge in [-0.15, -0.1) is 5.10 Å². The summed E-state index contributed by atoms with van der Waals surface area (Å²) in [5.41, 5.74) is 2.69. The molecule has 1 aliphatic carbocycles. The Balaban J connectivity index is 1.12. The molecule has 2 saturated heterocycles. The Hall–Kier alpha value is -3.23. The number of aliphatic carboxylic acids is 1. The second-order valence-corrected chi connectivity index (χ2v) is 13.1. The molecule has 2 aliphatic heterocycles. The molecule has 0 bridgehead atoms. The maximum Gasteiger partial charge on any atom is 0.321 e. The van der Waals surface area contributed by atoms with Crippen LogP contribution in [0.4, 0.5) is 5.95 Å². The molecule has 3 fully saturated rings. The zero-order chi connectivity index (χ0) is 29.6.